The van der Waals surface area contributed by atoms with Gasteiger partial charge in [0.05, 0.1) is 87.3 Å². The summed E-state index contributed by atoms with van der Waals surface area (Å²) in [6, 6.07) is -1.09. The lowest BCUT2D eigenvalue weighted by Gasteiger charge is -2.56. The maximum atomic E-state index is 15.7. The number of amides is 1. The highest BCUT2D eigenvalue weighted by molar-refractivity contribution is 6.26. The van der Waals surface area contributed by atoms with Gasteiger partial charge in [-0.2, -0.15) is 0 Å². The molecule has 0 radical (unpaired) electrons. The van der Waals surface area contributed by atoms with Gasteiger partial charge in [-0.3, -0.25) is 14.9 Å². The van der Waals surface area contributed by atoms with Gasteiger partial charge in [0.25, 0.3) is 0 Å². The quantitative estimate of drug-likeness (QED) is 0.0373. The number of ketones is 1. The molecule has 0 unspecified atom stereocenters. The van der Waals surface area contributed by atoms with Crippen molar-refractivity contribution >= 4 is 17.8 Å². The molecule has 4 aliphatic carbocycles. The first kappa shape index (κ1) is 71.4. The zero-order chi connectivity index (χ0) is 67.7. The van der Waals surface area contributed by atoms with Gasteiger partial charge >= 0.3 is 12.1 Å². The Kier molecular flexibility index (Phi) is 21.7. The molecule has 6 aliphatic heterocycles. The summed E-state index contributed by atoms with van der Waals surface area (Å²) in [5.74, 6) is -5.33. The molecule has 1 spiro atoms. The Labute approximate surface area is 543 Å². The van der Waals surface area contributed by atoms with Crippen molar-refractivity contribution in [3.05, 3.63) is 68.5 Å². The van der Waals surface area contributed by atoms with Crippen LogP contribution in [-0.2, 0) is 71.2 Å². The zero-order valence-electron chi connectivity index (χ0n) is 55.9. The maximum Gasteiger partial charge on any atom is 0.407 e. The molecule has 2 bridgehead atoms. The minimum atomic E-state index is -1.84. The molecule has 0 aromatic heterocycles. The van der Waals surface area contributed by atoms with Crippen molar-refractivity contribution in [2.75, 3.05) is 20.8 Å². The number of Topliss-reactive ketones (excluding diaryl/α,β-unsaturated/α-hetero) is 1. The van der Waals surface area contributed by atoms with Crippen LogP contribution in [0.4, 0.5) is 4.79 Å². The molecule has 6 heterocycles. The summed E-state index contributed by atoms with van der Waals surface area (Å²) in [4.78, 5) is 55.4. The van der Waals surface area contributed by atoms with Crippen LogP contribution in [0.1, 0.15) is 134 Å². The number of fused-ring (bicyclic) bond motifs is 4. The third-order valence-corrected chi connectivity index (χ3v) is 22.3. The number of nitrogens with zero attached hydrogens (tertiary/aromatic N) is 1. The minimum Gasteiger partial charge on any atom is -0.511 e. The number of carbonyl (C=O) groups excluding carboxylic acids is 3. The molecule has 26 heteroatoms. The molecule has 7 fully saturated rings. The predicted octanol–water partition coefficient (Wildman–Crippen LogP) is 5.45. The molecule has 10 aliphatic rings. The Morgan fingerprint density at radius 3 is 1.92 bits per heavy atom. The monoisotopic (exact) mass is 1320 g/mol. The second-order valence-electron chi connectivity index (χ2n) is 28.6. The molecule has 0 aromatic carbocycles. The van der Waals surface area contributed by atoms with Crippen LogP contribution in [0.3, 0.4) is 0 Å². The molecular formula is C67H100N2O24. The number of nitro groups is 1. The summed E-state index contributed by atoms with van der Waals surface area (Å²) in [6.45, 7) is 21.2. The molecular weight excluding hydrogens is 1220 g/mol. The van der Waals surface area contributed by atoms with E-state index in [0.717, 1.165) is 12.7 Å². The van der Waals surface area contributed by atoms with E-state index in [2.05, 4.69) is 25.2 Å². The van der Waals surface area contributed by atoms with E-state index >= 15 is 4.79 Å². The lowest BCUT2D eigenvalue weighted by atomic mass is 9.49. The van der Waals surface area contributed by atoms with Crippen molar-refractivity contribution < 1.29 is 112 Å². The first-order chi connectivity index (χ1) is 43.9. The first-order valence-corrected chi connectivity index (χ1v) is 33.2. The van der Waals surface area contributed by atoms with Crippen LogP contribution in [0.25, 0.3) is 0 Å². The standard InChI is InChI=1S/C67H100N2O24/c1-29-15-18-45(88-52-27-65(11,69(79)80)60(38(10)87-52)68-64(78)82-14)30(2)20-40-21-39(28-70)33(5)26-67(40)62(76)53(63(77)93-67)61(75)66(12)42(29)17-16-41-54(66)31(3)19-32(4)57(41)91-51-24-46(56(74)35(7)84-51)89-50-25-47(90-48-22-43(71)55(73)34(6)83-48)59(37(9)86-50)92-49-23-44(72)58(81-13)36(8)85-49/h15-17,20-21,31-38,40-52,54-60,70-75H,18-19,22-28H2,1-14H3,(H,68,78)/b29-15-,30-20+,61-53+/t31-,32-,33+,34-,35-,36-,37-,38+,40+,41-,42-,43+,44+,45-,46+,47+,48-,49+,50-,51-,52-,54+,55-,56-,57-,58-,59-,60-,65-,66+,67-/m0/s1. The topological polar surface area (TPSA) is 348 Å². The van der Waals surface area contributed by atoms with Crippen molar-refractivity contribution in [3.8, 4) is 0 Å². The molecule has 7 N–H and O–H groups in total. The lowest BCUT2D eigenvalue weighted by Crippen LogP contribution is -2.65. The average molecular weight is 1320 g/mol. The van der Waals surface area contributed by atoms with E-state index in [9.17, 15) is 50.3 Å². The Bertz CT molecular complexity index is 2880. The van der Waals surface area contributed by atoms with Gasteiger partial charge in [-0.05, 0) is 96.1 Å². The fourth-order valence-electron chi connectivity index (χ4n) is 17.2. The number of hydrogen-bond acceptors (Lipinski definition) is 24. The Balaban J connectivity index is 0.943. The van der Waals surface area contributed by atoms with Crippen LogP contribution in [-0.4, -0.2) is 214 Å². The van der Waals surface area contributed by atoms with Gasteiger partial charge in [-0.25, -0.2) is 9.59 Å². The largest absolute Gasteiger partial charge is 0.511 e. The molecule has 10 rings (SSSR count). The van der Waals surface area contributed by atoms with Crippen LogP contribution in [0, 0.1) is 57.0 Å². The number of allylic oxidation sites excluding steroid dienone is 3. The maximum absolute atomic E-state index is 15.7. The first-order valence-electron chi connectivity index (χ1n) is 33.2. The van der Waals surface area contributed by atoms with Crippen molar-refractivity contribution in [1.82, 2.24) is 5.32 Å². The number of hydrogen-bond donors (Lipinski definition) is 7. The van der Waals surface area contributed by atoms with E-state index in [1.807, 2.05) is 32.9 Å². The van der Waals surface area contributed by atoms with Crippen molar-refractivity contribution in [2.24, 2.45) is 46.8 Å². The van der Waals surface area contributed by atoms with Crippen molar-refractivity contribution in [3.63, 3.8) is 0 Å². The molecule has 0 aromatic rings. The third-order valence-electron chi connectivity index (χ3n) is 22.3. The normalized spacial score (nSPS) is 49.9. The van der Waals surface area contributed by atoms with Gasteiger partial charge in [0.1, 0.15) is 41.8 Å². The second kappa shape index (κ2) is 28.3. The van der Waals surface area contributed by atoms with E-state index in [-0.39, 0.29) is 63.4 Å². The SMILES string of the molecule is COC(=O)N[C@H]1[C@@H](C)O[C@@H](O[C@H]2C/C=C(/C)[C@@H]3C=C[C@@H]4[C@@H](O[C@H]5C[C@@H](O[C@H]6C[C@@H](O[C@H]7C[C@@H](O)[C@@H](O)[C@H](C)O7)[C@@H](O[C@@H]7C[C@@H](O)[C@@H](OC)[C@H](C)O7)[C@H](C)O6)[C@@H](O)[C@H](C)O5)[C@@H](C)C[C@H](C)[C@H]4[C@]3(C)/C(O)=C3\C(=O)O[C@]4(C[C@@H](C)C(CO)=C[C@H]4/C=C/2C)C3=O)C[C@]1(C)[N+](=O)[O-]. The minimum absolute atomic E-state index is 0.00999. The highest BCUT2D eigenvalue weighted by Crippen LogP contribution is 2.61. The molecule has 1 amide bonds. The van der Waals surface area contributed by atoms with E-state index in [1.165, 1.54) is 14.0 Å². The van der Waals surface area contributed by atoms with Crippen LogP contribution in [0.15, 0.2) is 58.4 Å². The number of nitrogens with one attached hydrogen (secondary N) is 1. The summed E-state index contributed by atoms with van der Waals surface area (Å²) in [6.07, 6.45) is -8.05. The molecule has 522 valence electrons. The van der Waals surface area contributed by atoms with Gasteiger partial charge in [-0.1, -0.05) is 63.6 Å². The predicted molar refractivity (Wildman–Crippen MR) is 327 cm³/mol. The van der Waals surface area contributed by atoms with Gasteiger partial charge in [0.15, 0.2) is 37.1 Å². The molecule has 1 saturated carbocycles. The number of aliphatic hydroxyl groups is 6. The summed E-state index contributed by atoms with van der Waals surface area (Å²) >= 11 is 0. The number of aliphatic hydroxyl groups excluding tert-OH is 6. The number of rotatable bonds is 14. The average Bonchev–Trinajstić information content (AvgIpc) is 1.70. The molecule has 31 atom stereocenters. The van der Waals surface area contributed by atoms with Crippen LogP contribution in [0.2, 0.25) is 0 Å². The molecule has 93 heavy (non-hydrogen) atoms. The second-order valence-corrected chi connectivity index (χ2v) is 28.6. The van der Waals surface area contributed by atoms with Gasteiger partial charge < -0.3 is 97.5 Å². The smallest absolute Gasteiger partial charge is 0.407 e. The fourth-order valence-corrected chi connectivity index (χ4v) is 17.2. The van der Waals surface area contributed by atoms with Crippen LogP contribution >= 0.6 is 0 Å². The Hall–Kier alpha value is -4.33. The summed E-state index contributed by atoms with van der Waals surface area (Å²) in [5.41, 5.74) is -3.49. The highest BCUT2D eigenvalue weighted by Gasteiger charge is 2.64. The zero-order valence-corrected chi connectivity index (χ0v) is 55.9. The Morgan fingerprint density at radius 2 is 1.28 bits per heavy atom. The summed E-state index contributed by atoms with van der Waals surface area (Å²) < 4.78 is 82.0. The van der Waals surface area contributed by atoms with E-state index in [4.69, 9.17) is 61.6 Å². The van der Waals surface area contributed by atoms with Crippen LogP contribution < -0.4 is 5.32 Å². The fraction of sp³-hybridized carbons (Fsp3) is 0.806. The van der Waals surface area contributed by atoms with E-state index in [1.54, 1.807) is 53.7 Å². The van der Waals surface area contributed by atoms with E-state index < -0.39 is 209 Å². The lowest BCUT2D eigenvalue weighted by molar-refractivity contribution is -0.584. The van der Waals surface area contributed by atoms with Gasteiger partial charge in [-0.15, -0.1) is 0 Å². The number of alkyl carbamates (subject to hydrolysis) is 1. The third kappa shape index (κ3) is 13.7. The van der Waals surface area contributed by atoms with Crippen molar-refractivity contribution in [2.45, 2.75) is 275 Å². The molecule has 6 saturated heterocycles. The number of esters is 1. The number of carbonyl (C=O) groups is 3. The van der Waals surface area contributed by atoms with E-state index in [0.29, 0.717) is 17.6 Å². The highest BCUT2D eigenvalue weighted by atomic mass is 16.8. The van der Waals surface area contributed by atoms with Crippen molar-refractivity contribution in [1.29, 1.82) is 0 Å². The Morgan fingerprint density at radius 1 is 0.688 bits per heavy atom. The summed E-state index contributed by atoms with van der Waals surface area (Å²) in [7, 11) is 2.66. The summed E-state index contributed by atoms with van der Waals surface area (Å²) in [5, 5.41) is 83.6. The van der Waals surface area contributed by atoms with Gasteiger partial charge in [0.2, 0.25) is 11.3 Å². The van der Waals surface area contributed by atoms with Crippen LogP contribution in [0.5, 0.6) is 0 Å². The van der Waals surface area contributed by atoms with Gasteiger partial charge in [0, 0.05) is 74.2 Å². The molecule has 26 nitrogen and oxygen atoms in total. The number of ether oxygens (including phenoxy) is 13. The number of methoxy groups -OCH3 is 2.